The lowest BCUT2D eigenvalue weighted by Crippen LogP contribution is -2.23. The topological polar surface area (TPSA) is 94.3 Å². The van der Waals surface area contributed by atoms with Crippen LogP contribution in [0.3, 0.4) is 0 Å². The van der Waals surface area contributed by atoms with Crippen LogP contribution in [0.4, 0.5) is 0 Å². The summed E-state index contributed by atoms with van der Waals surface area (Å²) in [5.41, 5.74) is 1.70. The predicted octanol–water partition coefficient (Wildman–Crippen LogP) is 2.21. The lowest BCUT2D eigenvalue weighted by molar-refractivity contribution is 0.174. The Balaban J connectivity index is 1.83. The van der Waals surface area contributed by atoms with Crippen molar-refractivity contribution >= 4 is 17.1 Å². The molecule has 2 aromatic heterocycles. The van der Waals surface area contributed by atoms with Crippen molar-refractivity contribution in [2.75, 3.05) is 7.11 Å². The molecule has 146 valence electrons. The van der Waals surface area contributed by atoms with Gasteiger partial charge in [0.05, 0.1) is 28.4 Å². The Morgan fingerprint density at radius 2 is 1.79 bits per heavy atom. The van der Waals surface area contributed by atoms with Gasteiger partial charge in [0.15, 0.2) is 5.82 Å². The minimum Gasteiger partial charge on any atom is -0.377 e. The van der Waals surface area contributed by atoms with E-state index in [1.807, 2.05) is 36.4 Å². The summed E-state index contributed by atoms with van der Waals surface area (Å²) in [5, 5.41) is 7.75. The molecule has 0 amide bonds. The number of aromatic nitrogens is 4. The smallest absolute Gasteiger partial charge is 0.282 e. The molecule has 0 aliphatic heterocycles. The normalized spacial score (nSPS) is 11.5. The zero-order valence-corrected chi connectivity index (χ0v) is 16.0. The Hall–Kier alpha value is -3.78. The first kappa shape index (κ1) is 18.6. The molecule has 8 nitrogen and oxygen atoms in total. The van der Waals surface area contributed by atoms with Crippen molar-refractivity contribution in [2.24, 2.45) is 5.10 Å². The van der Waals surface area contributed by atoms with Crippen molar-refractivity contribution < 1.29 is 4.74 Å². The highest BCUT2D eigenvalue weighted by molar-refractivity contribution is 5.81. The van der Waals surface area contributed by atoms with E-state index in [1.54, 1.807) is 25.1 Å². The molecule has 4 rings (SSSR count). The number of fused-ring (bicyclic) bond motifs is 1. The summed E-state index contributed by atoms with van der Waals surface area (Å²) in [6, 6.07) is 16.3. The highest BCUT2D eigenvalue weighted by atomic mass is 16.5. The molecule has 1 N–H and O–H groups in total. The van der Waals surface area contributed by atoms with E-state index in [0.717, 1.165) is 0 Å². The highest BCUT2D eigenvalue weighted by Gasteiger charge is 2.13. The summed E-state index contributed by atoms with van der Waals surface area (Å²) in [5.74, 6) is 0.351. The van der Waals surface area contributed by atoms with E-state index in [-0.39, 0.29) is 17.7 Å². The molecule has 0 aliphatic rings. The monoisotopic (exact) mass is 389 g/mol. The number of hydrogen-bond acceptors (Lipinski definition) is 5. The van der Waals surface area contributed by atoms with Gasteiger partial charge < -0.3 is 4.74 Å². The zero-order valence-electron chi connectivity index (χ0n) is 16.0. The maximum absolute atomic E-state index is 12.9. The molecule has 0 spiro atoms. The second-order valence-electron chi connectivity index (χ2n) is 6.47. The maximum Gasteiger partial charge on any atom is 0.282 e. The van der Waals surface area contributed by atoms with Crippen LogP contribution in [-0.4, -0.2) is 32.8 Å². The number of benzene rings is 2. The van der Waals surface area contributed by atoms with E-state index in [9.17, 15) is 9.59 Å². The number of nitrogens with one attached hydrogen (secondary N) is 1. The number of methoxy groups -OCH3 is 1. The molecule has 0 saturated carbocycles. The first-order valence-corrected chi connectivity index (χ1v) is 9.01. The van der Waals surface area contributed by atoms with Gasteiger partial charge in [-0.3, -0.25) is 14.7 Å². The van der Waals surface area contributed by atoms with Crippen LogP contribution in [0.1, 0.15) is 17.1 Å². The summed E-state index contributed by atoms with van der Waals surface area (Å²) >= 11 is 0. The first-order valence-electron chi connectivity index (χ1n) is 9.01. The van der Waals surface area contributed by atoms with Crippen molar-refractivity contribution in [1.29, 1.82) is 0 Å². The van der Waals surface area contributed by atoms with Gasteiger partial charge >= 0.3 is 0 Å². The Bertz CT molecular complexity index is 1320. The third-order valence-electron chi connectivity index (χ3n) is 4.53. The fourth-order valence-electron chi connectivity index (χ4n) is 3.10. The largest absolute Gasteiger partial charge is 0.377 e. The van der Waals surface area contributed by atoms with E-state index in [2.05, 4.69) is 15.2 Å². The summed E-state index contributed by atoms with van der Waals surface area (Å²) in [4.78, 5) is 30.2. The number of H-pyrrole nitrogens is 1. The van der Waals surface area contributed by atoms with Gasteiger partial charge in [-0.2, -0.15) is 9.78 Å². The van der Waals surface area contributed by atoms with Gasteiger partial charge in [-0.1, -0.05) is 30.3 Å². The number of para-hydroxylation sites is 2. The molecule has 4 aromatic rings. The van der Waals surface area contributed by atoms with Gasteiger partial charge in [0.1, 0.15) is 6.61 Å². The Kier molecular flexibility index (Phi) is 4.92. The molecular formula is C21H19N5O3. The van der Waals surface area contributed by atoms with E-state index in [1.165, 1.54) is 22.7 Å². The van der Waals surface area contributed by atoms with Crippen molar-refractivity contribution in [1.82, 2.24) is 19.4 Å². The summed E-state index contributed by atoms with van der Waals surface area (Å²) < 4.78 is 7.78. The molecule has 29 heavy (non-hydrogen) atoms. The second-order valence-corrected chi connectivity index (χ2v) is 6.47. The quantitative estimate of drug-likeness (QED) is 0.530. The lowest BCUT2D eigenvalue weighted by atomic mass is 10.2. The van der Waals surface area contributed by atoms with E-state index in [4.69, 9.17) is 4.74 Å². The van der Waals surface area contributed by atoms with Crippen LogP contribution in [0.2, 0.25) is 0 Å². The Labute approximate surface area is 165 Å². The number of hydrogen-bond donors (Lipinski definition) is 1. The van der Waals surface area contributed by atoms with Crippen LogP contribution in [0.15, 0.2) is 69.3 Å². The fraction of sp³-hybridized carbons (Fsp3) is 0.143. The Morgan fingerprint density at radius 3 is 2.55 bits per heavy atom. The third kappa shape index (κ3) is 3.41. The van der Waals surface area contributed by atoms with Crippen LogP contribution >= 0.6 is 0 Å². The molecule has 0 radical (unpaired) electrons. The van der Waals surface area contributed by atoms with Crippen LogP contribution in [-0.2, 0) is 11.3 Å². The number of rotatable bonds is 5. The van der Waals surface area contributed by atoms with Gasteiger partial charge in [-0.05, 0) is 31.2 Å². The lowest BCUT2D eigenvalue weighted by Gasteiger charge is -2.08. The van der Waals surface area contributed by atoms with E-state index < -0.39 is 0 Å². The summed E-state index contributed by atoms with van der Waals surface area (Å²) in [6.45, 7) is 1.89. The van der Waals surface area contributed by atoms with Gasteiger partial charge in [0.25, 0.3) is 11.1 Å². The molecule has 2 heterocycles. The van der Waals surface area contributed by atoms with Gasteiger partial charge in [-0.15, -0.1) is 0 Å². The van der Waals surface area contributed by atoms with Crippen molar-refractivity contribution in [2.45, 2.75) is 13.5 Å². The number of aromatic amines is 1. The van der Waals surface area contributed by atoms with Gasteiger partial charge in [-0.25, -0.2) is 9.67 Å². The molecule has 0 saturated heterocycles. The molecule has 0 aliphatic carbocycles. The number of nitrogens with zero attached hydrogens (tertiary/aromatic N) is 4. The second kappa shape index (κ2) is 7.69. The number of aryl methyl sites for hydroxylation is 1. The molecule has 0 unspecified atom stereocenters. The van der Waals surface area contributed by atoms with E-state index in [0.29, 0.717) is 33.7 Å². The van der Waals surface area contributed by atoms with Crippen LogP contribution in [0.5, 0.6) is 0 Å². The standard InChI is InChI=1S/C21H19N5O3/c1-14-17(21(28)25(24-14)15-8-4-3-5-9-15)12-22-26-19(13-29-2)23-18-11-7-6-10-16(18)20(26)27/h3-12,24H,13H2,1-2H3. The summed E-state index contributed by atoms with van der Waals surface area (Å²) in [7, 11) is 1.52. The maximum atomic E-state index is 12.9. The average Bonchev–Trinajstić information content (AvgIpc) is 3.02. The van der Waals surface area contributed by atoms with Gasteiger partial charge in [0, 0.05) is 12.8 Å². The van der Waals surface area contributed by atoms with Crippen molar-refractivity contribution in [3.63, 3.8) is 0 Å². The van der Waals surface area contributed by atoms with Crippen molar-refractivity contribution in [3.05, 3.63) is 92.4 Å². The summed E-state index contributed by atoms with van der Waals surface area (Å²) in [6.07, 6.45) is 1.38. The molecule has 0 bridgehead atoms. The van der Waals surface area contributed by atoms with E-state index >= 15 is 0 Å². The first-order chi connectivity index (χ1) is 14.1. The van der Waals surface area contributed by atoms with Crippen LogP contribution < -0.4 is 11.1 Å². The molecular weight excluding hydrogens is 370 g/mol. The SMILES string of the molecule is COCc1nc2ccccc2c(=O)n1N=Cc1c(C)[nH]n(-c2ccccc2)c1=O. The van der Waals surface area contributed by atoms with Gasteiger partial charge in [0.2, 0.25) is 0 Å². The zero-order chi connectivity index (χ0) is 20.4. The fourth-order valence-corrected chi connectivity index (χ4v) is 3.10. The van der Waals surface area contributed by atoms with Crippen LogP contribution in [0.25, 0.3) is 16.6 Å². The molecule has 0 atom stereocenters. The highest BCUT2D eigenvalue weighted by Crippen LogP contribution is 2.09. The van der Waals surface area contributed by atoms with Crippen molar-refractivity contribution in [3.8, 4) is 5.69 Å². The number of ether oxygens (including phenoxy) is 1. The molecule has 2 aromatic carbocycles. The third-order valence-corrected chi connectivity index (χ3v) is 4.53. The molecule has 8 heteroatoms. The average molecular weight is 389 g/mol. The molecule has 0 fully saturated rings. The minimum absolute atomic E-state index is 0.109. The predicted molar refractivity (Wildman–Crippen MR) is 111 cm³/mol. The Morgan fingerprint density at radius 1 is 1.07 bits per heavy atom. The van der Waals surface area contributed by atoms with Crippen LogP contribution in [0, 0.1) is 6.92 Å². The minimum atomic E-state index is -0.324.